The molecule has 4 heteroatoms. The van der Waals surface area contributed by atoms with Crippen molar-refractivity contribution >= 4 is 11.6 Å². The Hall–Kier alpha value is -1.42. The summed E-state index contributed by atoms with van der Waals surface area (Å²) in [5.41, 5.74) is 1.87. The van der Waals surface area contributed by atoms with Crippen molar-refractivity contribution in [3.63, 3.8) is 0 Å². The number of amides is 1. The molecule has 1 unspecified atom stereocenters. The fraction of sp³-hybridized carbons (Fsp3) is 0.533. The van der Waals surface area contributed by atoms with Crippen LogP contribution in [0.3, 0.4) is 0 Å². The molecule has 1 atom stereocenters. The average Bonchev–Trinajstić information content (AvgIpc) is 2.43. The Kier molecular flexibility index (Phi) is 3.51. The van der Waals surface area contributed by atoms with Crippen LogP contribution in [0, 0.1) is 11.7 Å². The fourth-order valence-electron chi connectivity index (χ4n) is 3.07. The van der Waals surface area contributed by atoms with Crippen molar-refractivity contribution in [3.05, 3.63) is 29.6 Å². The van der Waals surface area contributed by atoms with Crippen LogP contribution in [0.25, 0.3) is 0 Å². The fourth-order valence-corrected chi connectivity index (χ4v) is 3.07. The largest absolute Gasteiger partial charge is 0.316 e. The molecule has 1 saturated heterocycles. The standard InChI is InChI=1S/C15H19FN2O/c16-13-4-5-14-12(8-13)3-6-15(19)18(14)10-11-2-1-7-17-9-11/h4-5,8,11,17H,1-3,6-7,9-10H2. The molecule has 1 aromatic rings. The number of nitrogens with one attached hydrogen (secondary N) is 1. The lowest BCUT2D eigenvalue weighted by Crippen LogP contribution is -2.43. The highest BCUT2D eigenvalue weighted by Crippen LogP contribution is 2.29. The van der Waals surface area contributed by atoms with Crippen LogP contribution in [-0.2, 0) is 11.2 Å². The number of hydrogen-bond donors (Lipinski definition) is 1. The van der Waals surface area contributed by atoms with Crippen LogP contribution in [0.15, 0.2) is 18.2 Å². The molecular formula is C15H19FN2O. The molecule has 0 aromatic heterocycles. The molecule has 19 heavy (non-hydrogen) atoms. The normalized spacial score (nSPS) is 23.3. The maximum Gasteiger partial charge on any atom is 0.227 e. The number of hydrogen-bond acceptors (Lipinski definition) is 2. The second-order valence-electron chi connectivity index (χ2n) is 5.49. The van der Waals surface area contributed by atoms with E-state index in [2.05, 4.69) is 5.32 Å². The zero-order chi connectivity index (χ0) is 13.2. The van der Waals surface area contributed by atoms with Crippen LogP contribution in [0.4, 0.5) is 10.1 Å². The van der Waals surface area contributed by atoms with Gasteiger partial charge in [-0.05, 0) is 62.0 Å². The molecule has 0 spiro atoms. The van der Waals surface area contributed by atoms with Gasteiger partial charge in [0.25, 0.3) is 0 Å². The first-order valence-corrected chi connectivity index (χ1v) is 7.03. The number of nitrogens with zero attached hydrogens (tertiary/aromatic N) is 1. The number of rotatable bonds is 2. The van der Waals surface area contributed by atoms with E-state index in [1.807, 2.05) is 4.90 Å². The zero-order valence-electron chi connectivity index (χ0n) is 11.0. The van der Waals surface area contributed by atoms with Gasteiger partial charge in [0.1, 0.15) is 5.82 Å². The third kappa shape index (κ3) is 2.63. The highest BCUT2D eigenvalue weighted by atomic mass is 19.1. The number of aryl methyl sites for hydroxylation is 1. The van der Waals surface area contributed by atoms with Crippen LogP contribution in [-0.4, -0.2) is 25.5 Å². The molecule has 3 rings (SSSR count). The SMILES string of the molecule is O=C1CCc2cc(F)ccc2N1CC1CCCNC1. The van der Waals surface area contributed by atoms with E-state index in [1.54, 1.807) is 12.1 Å². The van der Waals surface area contributed by atoms with Crippen molar-refractivity contribution in [2.24, 2.45) is 5.92 Å². The Bertz CT molecular complexity index is 483. The van der Waals surface area contributed by atoms with Gasteiger partial charge in [-0.1, -0.05) is 0 Å². The Labute approximate surface area is 112 Å². The molecule has 0 aliphatic carbocycles. The summed E-state index contributed by atoms with van der Waals surface area (Å²) in [6.07, 6.45) is 3.48. The lowest BCUT2D eigenvalue weighted by molar-refractivity contribution is -0.119. The Balaban J connectivity index is 1.82. The first kappa shape index (κ1) is 12.6. The highest BCUT2D eigenvalue weighted by molar-refractivity contribution is 5.96. The molecule has 2 aliphatic heterocycles. The molecular weight excluding hydrogens is 243 g/mol. The number of carbonyl (C=O) groups is 1. The molecule has 2 aliphatic rings. The summed E-state index contributed by atoms with van der Waals surface area (Å²) in [7, 11) is 0. The summed E-state index contributed by atoms with van der Waals surface area (Å²) < 4.78 is 13.3. The van der Waals surface area contributed by atoms with E-state index in [4.69, 9.17) is 0 Å². The maximum atomic E-state index is 13.3. The molecule has 0 saturated carbocycles. The minimum absolute atomic E-state index is 0.171. The van der Waals surface area contributed by atoms with Gasteiger partial charge in [-0.3, -0.25) is 4.79 Å². The smallest absolute Gasteiger partial charge is 0.227 e. The van der Waals surface area contributed by atoms with Crippen LogP contribution in [0.1, 0.15) is 24.8 Å². The molecule has 1 aromatic carbocycles. The van der Waals surface area contributed by atoms with Crippen LogP contribution in [0.2, 0.25) is 0 Å². The van der Waals surface area contributed by atoms with Crippen LogP contribution >= 0.6 is 0 Å². The monoisotopic (exact) mass is 262 g/mol. The third-order valence-electron chi connectivity index (χ3n) is 4.08. The van der Waals surface area contributed by atoms with Crippen LogP contribution < -0.4 is 10.2 Å². The lowest BCUT2D eigenvalue weighted by atomic mass is 9.95. The van der Waals surface area contributed by atoms with Gasteiger partial charge in [0.05, 0.1) is 0 Å². The van der Waals surface area contributed by atoms with Crippen molar-refractivity contribution < 1.29 is 9.18 Å². The number of anilines is 1. The van der Waals surface area contributed by atoms with Gasteiger partial charge in [-0.2, -0.15) is 0 Å². The number of benzene rings is 1. The molecule has 0 radical (unpaired) electrons. The van der Waals surface area contributed by atoms with E-state index >= 15 is 0 Å². The first-order chi connectivity index (χ1) is 9.24. The summed E-state index contributed by atoms with van der Waals surface area (Å²) in [6, 6.07) is 4.76. The molecule has 102 valence electrons. The minimum Gasteiger partial charge on any atom is -0.316 e. The topological polar surface area (TPSA) is 32.3 Å². The number of halogens is 1. The number of carbonyl (C=O) groups excluding carboxylic acids is 1. The van der Waals surface area contributed by atoms with E-state index < -0.39 is 0 Å². The molecule has 1 amide bonds. The molecule has 2 heterocycles. The van der Waals surface area contributed by atoms with Crippen molar-refractivity contribution in [3.8, 4) is 0 Å². The molecule has 3 nitrogen and oxygen atoms in total. The average molecular weight is 262 g/mol. The van der Waals surface area contributed by atoms with Gasteiger partial charge in [-0.15, -0.1) is 0 Å². The van der Waals surface area contributed by atoms with E-state index in [-0.39, 0.29) is 11.7 Å². The third-order valence-corrected chi connectivity index (χ3v) is 4.08. The molecule has 0 bridgehead atoms. The van der Waals surface area contributed by atoms with Crippen molar-refractivity contribution in [2.75, 3.05) is 24.5 Å². The van der Waals surface area contributed by atoms with E-state index in [9.17, 15) is 9.18 Å². The highest BCUT2D eigenvalue weighted by Gasteiger charge is 2.27. The van der Waals surface area contributed by atoms with Gasteiger partial charge < -0.3 is 10.2 Å². The Morgan fingerprint density at radius 2 is 2.26 bits per heavy atom. The summed E-state index contributed by atoms with van der Waals surface area (Å²) in [5, 5.41) is 3.37. The van der Waals surface area contributed by atoms with Crippen LogP contribution in [0.5, 0.6) is 0 Å². The second-order valence-corrected chi connectivity index (χ2v) is 5.49. The molecule has 1 N–H and O–H groups in total. The predicted octanol–water partition coefficient (Wildman–Crippen LogP) is 2.10. The summed E-state index contributed by atoms with van der Waals surface area (Å²) in [6.45, 7) is 2.80. The van der Waals surface area contributed by atoms with Gasteiger partial charge in [0.15, 0.2) is 0 Å². The van der Waals surface area contributed by atoms with Gasteiger partial charge in [0, 0.05) is 18.7 Å². The van der Waals surface area contributed by atoms with Crippen molar-refractivity contribution in [2.45, 2.75) is 25.7 Å². The van der Waals surface area contributed by atoms with E-state index in [0.717, 1.165) is 37.3 Å². The number of piperidine rings is 1. The predicted molar refractivity (Wildman–Crippen MR) is 72.7 cm³/mol. The van der Waals surface area contributed by atoms with Crippen molar-refractivity contribution in [1.82, 2.24) is 5.32 Å². The van der Waals surface area contributed by atoms with Gasteiger partial charge >= 0.3 is 0 Å². The minimum atomic E-state index is -0.215. The molecule has 1 fully saturated rings. The maximum absolute atomic E-state index is 13.3. The summed E-state index contributed by atoms with van der Waals surface area (Å²) >= 11 is 0. The lowest BCUT2D eigenvalue weighted by Gasteiger charge is -2.34. The summed E-state index contributed by atoms with van der Waals surface area (Å²) in [5.74, 6) is 0.464. The van der Waals surface area contributed by atoms with Gasteiger partial charge in [-0.25, -0.2) is 4.39 Å². The zero-order valence-corrected chi connectivity index (χ0v) is 11.0. The Morgan fingerprint density at radius 3 is 3.05 bits per heavy atom. The summed E-state index contributed by atoms with van der Waals surface area (Å²) in [4.78, 5) is 14.0. The van der Waals surface area contributed by atoms with Gasteiger partial charge in [0.2, 0.25) is 5.91 Å². The quantitative estimate of drug-likeness (QED) is 0.885. The second kappa shape index (κ2) is 5.29. The Morgan fingerprint density at radius 1 is 1.37 bits per heavy atom. The van der Waals surface area contributed by atoms with Crippen molar-refractivity contribution in [1.29, 1.82) is 0 Å². The van der Waals surface area contributed by atoms with E-state index in [0.29, 0.717) is 18.8 Å². The first-order valence-electron chi connectivity index (χ1n) is 7.03. The van der Waals surface area contributed by atoms with E-state index in [1.165, 1.54) is 12.5 Å². The number of fused-ring (bicyclic) bond motifs is 1.